The van der Waals surface area contributed by atoms with Crippen LogP contribution in [-0.2, 0) is 0 Å². The summed E-state index contributed by atoms with van der Waals surface area (Å²) >= 11 is 0. The van der Waals surface area contributed by atoms with Gasteiger partial charge in [-0.1, -0.05) is 13.8 Å². The summed E-state index contributed by atoms with van der Waals surface area (Å²) in [6, 6.07) is 3.79. The van der Waals surface area contributed by atoms with Gasteiger partial charge in [-0.15, -0.1) is 0 Å². The Balaban J connectivity index is 0.000000461. The highest BCUT2D eigenvalue weighted by Gasteiger charge is 1.98. The highest BCUT2D eigenvalue weighted by molar-refractivity contribution is 5.79. The fourth-order valence-electron chi connectivity index (χ4n) is 1.13. The van der Waals surface area contributed by atoms with E-state index in [0.717, 1.165) is 22.3 Å². The van der Waals surface area contributed by atoms with Crippen molar-refractivity contribution >= 4 is 16.7 Å². The molecule has 3 nitrogen and oxygen atoms in total. The van der Waals surface area contributed by atoms with Crippen LogP contribution in [-0.4, -0.2) is 9.97 Å². The smallest absolute Gasteiger partial charge is 0.0907 e. The summed E-state index contributed by atoms with van der Waals surface area (Å²) in [5.41, 5.74) is 9.27. The van der Waals surface area contributed by atoms with E-state index in [4.69, 9.17) is 5.73 Å². The SMILES string of the molecule is CC.Cc1cc2nccnc2cc1N. The number of fused-ring (bicyclic) bond motifs is 1. The van der Waals surface area contributed by atoms with Crippen LogP contribution in [0.5, 0.6) is 0 Å². The molecule has 0 bridgehead atoms. The van der Waals surface area contributed by atoms with Gasteiger partial charge < -0.3 is 5.73 Å². The van der Waals surface area contributed by atoms with Crippen LogP contribution >= 0.6 is 0 Å². The molecule has 0 atom stereocenters. The van der Waals surface area contributed by atoms with E-state index in [-0.39, 0.29) is 0 Å². The Hall–Kier alpha value is -1.64. The molecule has 0 spiro atoms. The first-order valence-electron chi connectivity index (χ1n) is 4.74. The van der Waals surface area contributed by atoms with E-state index in [1.165, 1.54) is 0 Å². The second-order valence-corrected chi connectivity index (χ2v) is 2.75. The molecule has 1 heterocycles. The number of aryl methyl sites for hydroxylation is 1. The summed E-state index contributed by atoms with van der Waals surface area (Å²) in [5.74, 6) is 0. The number of benzene rings is 1. The Morgan fingerprint density at radius 1 is 1.00 bits per heavy atom. The first-order valence-corrected chi connectivity index (χ1v) is 4.74. The van der Waals surface area contributed by atoms with Gasteiger partial charge in [-0.25, -0.2) is 0 Å². The number of nitrogens with two attached hydrogens (primary N) is 1. The third-order valence-electron chi connectivity index (χ3n) is 1.86. The molecule has 0 radical (unpaired) electrons. The van der Waals surface area contributed by atoms with E-state index >= 15 is 0 Å². The Labute approximate surface area is 84.0 Å². The van der Waals surface area contributed by atoms with Gasteiger partial charge in [-0.3, -0.25) is 9.97 Å². The van der Waals surface area contributed by atoms with E-state index in [9.17, 15) is 0 Å². The predicted octanol–water partition coefficient (Wildman–Crippen LogP) is 2.55. The number of rotatable bonds is 0. The monoisotopic (exact) mass is 189 g/mol. The van der Waals surface area contributed by atoms with Crippen LogP contribution in [0, 0.1) is 6.92 Å². The normalized spacial score (nSPS) is 9.36. The lowest BCUT2D eigenvalue weighted by Crippen LogP contribution is -1.91. The Bertz CT molecular complexity index is 383. The van der Waals surface area contributed by atoms with Crippen LogP contribution in [0.25, 0.3) is 11.0 Å². The van der Waals surface area contributed by atoms with E-state index < -0.39 is 0 Å². The summed E-state index contributed by atoms with van der Waals surface area (Å²) in [5, 5.41) is 0. The maximum absolute atomic E-state index is 5.72. The molecule has 74 valence electrons. The van der Waals surface area contributed by atoms with Crippen molar-refractivity contribution in [1.82, 2.24) is 9.97 Å². The average molecular weight is 189 g/mol. The third kappa shape index (κ3) is 1.99. The molecule has 0 aliphatic heterocycles. The molecule has 2 N–H and O–H groups in total. The first-order chi connectivity index (χ1) is 6.77. The number of aromatic nitrogens is 2. The molecule has 0 amide bonds. The molecule has 1 aromatic carbocycles. The van der Waals surface area contributed by atoms with Crippen LogP contribution in [0.2, 0.25) is 0 Å². The van der Waals surface area contributed by atoms with Crippen LogP contribution in [0.1, 0.15) is 19.4 Å². The van der Waals surface area contributed by atoms with Gasteiger partial charge >= 0.3 is 0 Å². The van der Waals surface area contributed by atoms with Crippen LogP contribution in [0.3, 0.4) is 0 Å². The van der Waals surface area contributed by atoms with Gasteiger partial charge in [0.05, 0.1) is 11.0 Å². The van der Waals surface area contributed by atoms with Crippen LogP contribution in [0.4, 0.5) is 5.69 Å². The molecule has 0 fully saturated rings. The van der Waals surface area contributed by atoms with Crippen molar-refractivity contribution in [3.05, 3.63) is 30.1 Å². The van der Waals surface area contributed by atoms with Crippen molar-refractivity contribution in [2.24, 2.45) is 0 Å². The zero-order chi connectivity index (χ0) is 10.6. The van der Waals surface area contributed by atoms with Crippen molar-refractivity contribution in [2.45, 2.75) is 20.8 Å². The minimum atomic E-state index is 0.767. The Kier molecular flexibility index (Phi) is 3.40. The molecule has 0 aliphatic rings. The Morgan fingerprint density at radius 2 is 1.50 bits per heavy atom. The van der Waals surface area contributed by atoms with Crippen LogP contribution < -0.4 is 5.73 Å². The maximum Gasteiger partial charge on any atom is 0.0907 e. The number of hydrogen-bond acceptors (Lipinski definition) is 3. The summed E-state index contributed by atoms with van der Waals surface area (Å²) in [6.45, 7) is 5.96. The van der Waals surface area contributed by atoms with E-state index in [1.54, 1.807) is 12.4 Å². The number of nitrogens with zero attached hydrogens (tertiary/aromatic N) is 2. The lowest BCUT2D eigenvalue weighted by Gasteiger charge is -2.00. The lowest BCUT2D eigenvalue weighted by molar-refractivity contribution is 1.28. The van der Waals surface area contributed by atoms with E-state index in [0.29, 0.717) is 0 Å². The number of hydrogen-bond donors (Lipinski definition) is 1. The van der Waals surface area contributed by atoms with Crippen molar-refractivity contribution in [3.63, 3.8) is 0 Å². The summed E-state index contributed by atoms with van der Waals surface area (Å²) in [6.07, 6.45) is 3.34. The molecule has 3 heteroatoms. The fourth-order valence-corrected chi connectivity index (χ4v) is 1.13. The topological polar surface area (TPSA) is 51.8 Å². The second kappa shape index (κ2) is 4.56. The van der Waals surface area contributed by atoms with Crippen molar-refractivity contribution < 1.29 is 0 Å². The zero-order valence-corrected chi connectivity index (χ0v) is 8.78. The number of nitrogen functional groups attached to an aromatic ring is 1. The van der Waals surface area contributed by atoms with Gasteiger partial charge in [0.1, 0.15) is 0 Å². The molecular weight excluding hydrogens is 174 g/mol. The van der Waals surface area contributed by atoms with E-state index in [2.05, 4.69) is 9.97 Å². The van der Waals surface area contributed by atoms with Gasteiger partial charge in [-0.05, 0) is 24.6 Å². The predicted molar refractivity (Wildman–Crippen MR) is 60.0 cm³/mol. The Morgan fingerprint density at radius 3 is 2.07 bits per heavy atom. The van der Waals surface area contributed by atoms with Crippen molar-refractivity contribution in [1.29, 1.82) is 0 Å². The summed E-state index contributed by atoms with van der Waals surface area (Å²) < 4.78 is 0. The quantitative estimate of drug-likeness (QED) is 0.648. The lowest BCUT2D eigenvalue weighted by atomic mass is 10.2. The van der Waals surface area contributed by atoms with Gasteiger partial charge in [-0.2, -0.15) is 0 Å². The molecule has 0 aliphatic carbocycles. The minimum absolute atomic E-state index is 0.767. The summed E-state index contributed by atoms with van der Waals surface area (Å²) in [4.78, 5) is 8.31. The average Bonchev–Trinajstić information content (AvgIpc) is 2.23. The van der Waals surface area contributed by atoms with Crippen LogP contribution in [0.15, 0.2) is 24.5 Å². The fraction of sp³-hybridized carbons (Fsp3) is 0.273. The number of anilines is 1. The van der Waals surface area contributed by atoms with Crippen molar-refractivity contribution in [3.8, 4) is 0 Å². The van der Waals surface area contributed by atoms with Gasteiger partial charge in [0.25, 0.3) is 0 Å². The largest absolute Gasteiger partial charge is 0.398 e. The second-order valence-electron chi connectivity index (χ2n) is 2.75. The van der Waals surface area contributed by atoms with Gasteiger partial charge in [0.15, 0.2) is 0 Å². The molecule has 0 saturated carbocycles. The highest BCUT2D eigenvalue weighted by Crippen LogP contribution is 2.16. The first kappa shape index (κ1) is 10.4. The summed E-state index contributed by atoms with van der Waals surface area (Å²) in [7, 11) is 0. The minimum Gasteiger partial charge on any atom is -0.398 e. The molecule has 0 unspecified atom stereocenters. The maximum atomic E-state index is 5.72. The standard InChI is InChI=1S/C9H9N3.C2H6/c1-6-4-8-9(5-7(6)10)12-3-2-11-8;1-2/h2-5H,10H2,1H3;1-2H3. The van der Waals surface area contributed by atoms with Gasteiger partial charge in [0.2, 0.25) is 0 Å². The highest BCUT2D eigenvalue weighted by atomic mass is 14.8. The molecular formula is C11H15N3. The molecule has 2 rings (SSSR count). The zero-order valence-electron chi connectivity index (χ0n) is 8.78. The molecule has 14 heavy (non-hydrogen) atoms. The van der Waals surface area contributed by atoms with Crippen molar-refractivity contribution in [2.75, 3.05) is 5.73 Å². The third-order valence-corrected chi connectivity index (χ3v) is 1.86. The molecule has 1 aromatic heterocycles. The van der Waals surface area contributed by atoms with E-state index in [1.807, 2.05) is 32.9 Å². The molecule has 2 aromatic rings. The van der Waals surface area contributed by atoms with Gasteiger partial charge in [0, 0.05) is 18.1 Å². The molecule has 0 saturated heterocycles.